The molecular formula is C25H20F2N6O2S. The average Bonchev–Trinajstić information content (AvgIpc) is 3.65. The monoisotopic (exact) mass is 506 g/mol. The van der Waals surface area contributed by atoms with Gasteiger partial charge in [0.2, 0.25) is 5.95 Å². The van der Waals surface area contributed by atoms with Crippen LogP contribution in [0.1, 0.15) is 23.6 Å². The van der Waals surface area contributed by atoms with Crippen LogP contribution in [0.3, 0.4) is 0 Å². The first kappa shape index (κ1) is 21.8. The molecule has 3 aromatic heterocycles. The summed E-state index contributed by atoms with van der Waals surface area (Å²) in [6, 6.07) is 2.19. The molecule has 1 aromatic carbocycles. The van der Waals surface area contributed by atoms with E-state index in [2.05, 4.69) is 21.8 Å². The second-order valence-electron chi connectivity index (χ2n) is 9.58. The molecule has 3 unspecified atom stereocenters. The van der Waals surface area contributed by atoms with Gasteiger partial charge in [-0.1, -0.05) is 6.92 Å². The topological polar surface area (TPSA) is 110 Å². The van der Waals surface area contributed by atoms with Gasteiger partial charge in [0.25, 0.3) is 0 Å². The van der Waals surface area contributed by atoms with Crippen LogP contribution in [0.2, 0.25) is 0 Å². The third-order valence-corrected chi connectivity index (χ3v) is 8.73. The zero-order valence-corrected chi connectivity index (χ0v) is 20.0. The molecule has 8 nitrogen and oxygen atoms in total. The summed E-state index contributed by atoms with van der Waals surface area (Å²) in [4.78, 5) is 15.7. The summed E-state index contributed by atoms with van der Waals surface area (Å²) in [5.74, 6) is 0.0467. The fraction of sp³-hybridized carbons (Fsp3) is 0.360. The number of aromatic nitrogens is 3. The molecule has 3 aliphatic heterocycles. The molecule has 4 aromatic rings. The van der Waals surface area contributed by atoms with Crippen LogP contribution >= 0.6 is 11.3 Å². The van der Waals surface area contributed by atoms with Crippen LogP contribution in [0.15, 0.2) is 12.4 Å². The van der Waals surface area contributed by atoms with Gasteiger partial charge >= 0.3 is 0 Å². The Morgan fingerprint density at radius 2 is 2.00 bits per heavy atom. The van der Waals surface area contributed by atoms with Gasteiger partial charge in [0.1, 0.15) is 16.6 Å². The molecule has 0 radical (unpaired) electrons. The average molecular weight is 507 g/mol. The third-order valence-electron chi connectivity index (χ3n) is 7.70. The molecule has 36 heavy (non-hydrogen) atoms. The Morgan fingerprint density at radius 3 is 2.83 bits per heavy atom. The standard InChI is InChI=1S/C25H20F2N6O2S/c1-10-5-33(17-9-35-6-13(10)17)25-31-3-12-14-7-34-8-15(14)18(20(27)21(12)32-25)22-19-11(2-28)24(29)36-23(19)16(26)4-30-22/h3-4,10,13,17H,5-9,29H2,1H3. The summed E-state index contributed by atoms with van der Waals surface area (Å²) in [6.45, 7) is 4.68. The number of thiophene rings is 1. The summed E-state index contributed by atoms with van der Waals surface area (Å²) < 4.78 is 42.7. The molecule has 0 spiro atoms. The third kappa shape index (κ3) is 2.86. The molecule has 0 saturated carbocycles. The van der Waals surface area contributed by atoms with Crippen LogP contribution in [-0.2, 0) is 22.7 Å². The van der Waals surface area contributed by atoms with Gasteiger partial charge in [-0.2, -0.15) is 5.26 Å². The second-order valence-corrected chi connectivity index (χ2v) is 10.6. The molecule has 0 bridgehead atoms. The molecular weight excluding hydrogens is 486 g/mol. The van der Waals surface area contributed by atoms with Crippen molar-refractivity contribution in [3.8, 4) is 17.3 Å². The molecule has 2 N–H and O–H groups in total. The van der Waals surface area contributed by atoms with Gasteiger partial charge in [-0.05, 0) is 17.0 Å². The van der Waals surface area contributed by atoms with Crippen LogP contribution in [-0.4, -0.2) is 40.8 Å². The number of nitrogens with two attached hydrogens (primary N) is 1. The number of anilines is 2. The number of fused-ring (bicyclic) bond motifs is 5. The van der Waals surface area contributed by atoms with Crippen molar-refractivity contribution < 1.29 is 18.3 Å². The fourth-order valence-electron chi connectivity index (χ4n) is 5.91. The van der Waals surface area contributed by atoms with E-state index in [0.717, 1.165) is 29.6 Å². The molecule has 2 saturated heterocycles. The van der Waals surface area contributed by atoms with Crippen LogP contribution in [0.5, 0.6) is 0 Å². The zero-order chi connectivity index (χ0) is 24.7. The van der Waals surface area contributed by atoms with E-state index in [1.165, 1.54) is 0 Å². The van der Waals surface area contributed by atoms with Crippen LogP contribution in [0.25, 0.3) is 32.2 Å². The molecule has 3 atom stereocenters. The van der Waals surface area contributed by atoms with Gasteiger partial charge in [0, 0.05) is 35.0 Å². The Kier molecular flexibility index (Phi) is 4.70. The van der Waals surface area contributed by atoms with Gasteiger partial charge in [-0.3, -0.25) is 4.98 Å². The normalized spacial score (nSPS) is 22.9. The summed E-state index contributed by atoms with van der Waals surface area (Å²) in [6.07, 6.45) is 2.70. The number of pyridine rings is 1. The van der Waals surface area contributed by atoms with Crippen molar-refractivity contribution in [2.75, 3.05) is 30.4 Å². The van der Waals surface area contributed by atoms with Gasteiger partial charge in [-0.15, -0.1) is 11.3 Å². The Morgan fingerprint density at radius 1 is 1.17 bits per heavy atom. The highest BCUT2D eigenvalue weighted by molar-refractivity contribution is 7.23. The summed E-state index contributed by atoms with van der Waals surface area (Å²) in [5.41, 5.74) is 7.94. The summed E-state index contributed by atoms with van der Waals surface area (Å²) in [5, 5.41) is 10.7. The van der Waals surface area contributed by atoms with Crippen molar-refractivity contribution in [2.24, 2.45) is 11.8 Å². The number of nitrogens with zero attached hydrogens (tertiary/aromatic N) is 5. The number of ether oxygens (including phenoxy) is 2. The summed E-state index contributed by atoms with van der Waals surface area (Å²) in [7, 11) is 0. The highest BCUT2D eigenvalue weighted by Crippen LogP contribution is 2.45. The van der Waals surface area contributed by atoms with Gasteiger partial charge in [0.05, 0.1) is 54.6 Å². The molecule has 182 valence electrons. The smallest absolute Gasteiger partial charge is 0.226 e. The Bertz CT molecular complexity index is 1630. The maximum absolute atomic E-state index is 16.5. The first-order valence-corrected chi connectivity index (χ1v) is 12.5. The zero-order valence-electron chi connectivity index (χ0n) is 19.2. The quantitative estimate of drug-likeness (QED) is 0.432. The Hall–Kier alpha value is -3.46. The van der Waals surface area contributed by atoms with E-state index in [9.17, 15) is 9.65 Å². The minimum Gasteiger partial charge on any atom is -0.389 e. The van der Waals surface area contributed by atoms with Crippen molar-refractivity contribution in [3.63, 3.8) is 0 Å². The lowest BCUT2D eigenvalue weighted by atomic mass is 9.94. The molecule has 11 heteroatoms. The number of benzene rings is 1. The lowest BCUT2D eigenvalue weighted by molar-refractivity contribution is 0.135. The highest BCUT2D eigenvalue weighted by Gasteiger charge is 2.44. The lowest BCUT2D eigenvalue weighted by Gasteiger charge is -2.23. The van der Waals surface area contributed by atoms with Gasteiger partial charge in [-0.25, -0.2) is 18.7 Å². The van der Waals surface area contributed by atoms with Crippen molar-refractivity contribution in [2.45, 2.75) is 26.2 Å². The van der Waals surface area contributed by atoms with E-state index < -0.39 is 11.6 Å². The Labute approximate surface area is 208 Å². The van der Waals surface area contributed by atoms with E-state index in [0.29, 0.717) is 41.9 Å². The predicted molar refractivity (Wildman–Crippen MR) is 130 cm³/mol. The fourth-order valence-corrected chi connectivity index (χ4v) is 6.83. The maximum atomic E-state index is 16.5. The molecule has 3 aliphatic rings. The number of nitrogen functional groups attached to an aromatic ring is 1. The van der Waals surface area contributed by atoms with E-state index in [1.807, 2.05) is 6.07 Å². The van der Waals surface area contributed by atoms with Crippen molar-refractivity contribution in [1.29, 1.82) is 5.26 Å². The number of nitriles is 1. The van der Waals surface area contributed by atoms with Crippen LogP contribution in [0, 0.1) is 34.8 Å². The van der Waals surface area contributed by atoms with Gasteiger partial charge < -0.3 is 20.1 Å². The molecule has 0 amide bonds. The minimum atomic E-state index is -0.609. The van der Waals surface area contributed by atoms with E-state index in [1.54, 1.807) is 6.20 Å². The second kappa shape index (κ2) is 7.77. The van der Waals surface area contributed by atoms with E-state index >= 15 is 4.39 Å². The molecule has 7 rings (SSSR count). The lowest BCUT2D eigenvalue weighted by Crippen LogP contribution is -2.34. The summed E-state index contributed by atoms with van der Waals surface area (Å²) >= 11 is 0.952. The first-order valence-electron chi connectivity index (χ1n) is 11.7. The molecule has 6 heterocycles. The van der Waals surface area contributed by atoms with Crippen LogP contribution < -0.4 is 10.6 Å². The SMILES string of the molecule is CC1CN(c2ncc3c4c(c(-c5ncc(F)c6sc(N)c(C#N)c56)c(F)c3n2)COC4)C2COCC12. The predicted octanol–water partition coefficient (Wildman–Crippen LogP) is 4.14. The number of hydrogen-bond acceptors (Lipinski definition) is 9. The minimum absolute atomic E-state index is 0.0888. The number of halogens is 2. The largest absolute Gasteiger partial charge is 0.389 e. The molecule has 2 fully saturated rings. The molecule has 0 aliphatic carbocycles. The number of hydrogen-bond donors (Lipinski definition) is 1. The first-order chi connectivity index (χ1) is 17.5. The highest BCUT2D eigenvalue weighted by atomic mass is 32.1. The van der Waals surface area contributed by atoms with E-state index in [-0.39, 0.29) is 56.7 Å². The van der Waals surface area contributed by atoms with Gasteiger partial charge in [0.15, 0.2) is 11.6 Å². The maximum Gasteiger partial charge on any atom is 0.226 e. The van der Waals surface area contributed by atoms with Crippen molar-refractivity contribution in [1.82, 2.24) is 15.0 Å². The van der Waals surface area contributed by atoms with Crippen LogP contribution in [0.4, 0.5) is 19.7 Å². The van der Waals surface area contributed by atoms with Crippen molar-refractivity contribution in [3.05, 3.63) is 40.7 Å². The Balaban J connectivity index is 1.49. The van der Waals surface area contributed by atoms with E-state index in [4.69, 9.17) is 20.2 Å². The van der Waals surface area contributed by atoms with Crippen molar-refractivity contribution >= 4 is 43.3 Å². The number of rotatable bonds is 2.